The molecule has 0 saturated carbocycles. The minimum atomic E-state index is -3.84. The van der Waals surface area contributed by atoms with E-state index < -0.39 is 16.0 Å². The van der Waals surface area contributed by atoms with Crippen molar-refractivity contribution in [3.05, 3.63) is 59.7 Å². The summed E-state index contributed by atoms with van der Waals surface area (Å²) in [6.45, 7) is 3.99. The number of hydrogen-bond donors (Lipinski definition) is 3. The Hall–Kier alpha value is -2.38. The Morgan fingerprint density at radius 2 is 1.80 bits per heavy atom. The van der Waals surface area contributed by atoms with Crippen LogP contribution in [0.5, 0.6) is 0 Å². The number of sulfonamides is 1. The third-order valence-corrected chi connectivity index (χ3v) is 5.01. The molecule has 134 valence electrons. The third kappa shape index (κ3) is 5.30. The maximum atomic E-state index is 12.7. The zero-order chi connectivity index (χ0) is 18.4. The molecule has 0 unspecified atom stereocenters. The molecule has 0 atom stereocenters. The minimum Gasteiger partial charge on any atom is -0.478 e. The van der Waals surface area contributed by atoms with Gasteiger partial charge in [-0.3, -0.25) is 0 Å². The van der Waals surface area contributed by atoms with Crippen LogP contribution in [0.4, 0.5) is 5.69 Å². The van der Waals surface area contributed by atoms with Gasteiger partial charge in [0.1, 0.15) is 4.90 Å². The van der Waals surface area contributed by atoms with E-state index >= 15 is 0 Å². The largest absolute Gasteiger partial charge is 0.478 e. The van der Waals surface area contributed by atoms with E-state index in [-0.39, 0.29) is 23.0 Å². The van der Waals surface area contributed by atoms with E-state index in [1.807, 2.05) is 44.2 Å². The fraction of sp³-hybridized carbons (Fsp3) is 0.278. The zero-order valence-corrected chi connectivity index (χ0v) is 15.0. The molecule has 7 heteroatoms. The van der Waals surface area contributed by atoms with Crippen molar-refractivity contribution in [1.29, 1.82) is 0 Å². The molecule has 25 heavy (non-hydrogen) atoms. The lowest BCUT2D eigenvalue weighted by Gasteiger charge is -2.16. The first kappa shape index (κ1) is 19.0. The molecule has 2 rings (SSSR count). The van der Waals surface area contributed by atoms with Gasteiger partial charge in [0.05, 0.1) is 11.3 Å². The number of carbonyl (C=O) groups is 1. The summed E-state index contributed by atoms with van der Waals surface area (Å²) in [5.41, 5.74) is 1.33. The second kappa shape index (κ2) is 8.13. The molecule has 0 spiro atoms. The van der Waals surface area contributed by atoms with Crippen LogP contribution >= 0.6 is 0 Å². The van der Waals surface area contributed by atoms with Crippen LogP contribution in [0.3, 0.4) is 0 Å². The predicted molar refractivity (Wildman–Crippen MR) is 97.5 cm³/mol. The molecule has 2 aromatic carbocycles. The second-order valence-electron chi connectivity index (χ2n) is 5.95. The van der Waals surface area contributed by atoms with E-state index in [0.717, 1.165) is 5.56 Å². The molecular weight excluding hydrogens is 340 g/mol. The monoisotopic (exact) mass is 362 g/mol. The van der Waals surface area contributed by atoms with Crippen LogP contribution < -0.4 is 10.0 Å². The zero-order valence-electron chi connectivity index (χ0n) is 14.2. The molecule has 0 amide bonds. The Balaban J connectivity index is 2.23. The first-order valence-electron chi connectivity index (χ1n) is 7.97. The smallest absolute Gasteiger partial charge is 0.335 e. The summed E-state index contributed by atoms with van der Waals surface area (Å²) < 4.78 is 27.9. The van der Waals surface area contributed by atoms with Crippen LogP contribution in [-0.2, 0) is 16.4 Å². The first-order chi connectivity index (χ1) is 11.8. The Morgan fingerprint density at radius 1 is 1.12 bits per heavy atom. The number of aromatic carboxylic acids is 1. The third-order valence-electron chi connectivity index (χ3n) is 3.51. The molecule has 0 heterocycles. The highest BCUT2D eigenvalue weighted by Gasteiger charge is 2.21. The SMILES string of the molecule is CC(C)Nc1ccc(C(=O)O)cc1S(=O)(=O)NCCc1ccccc1. The van der Waals surface area contributed by atoms with Gasteiger partial charge in [0.15, 0.2) is 0 Å². The molecule has 0 aliphatic rings. The van der Waals surface area contributed by atoms with E-state index in [1.165, 1.54) is 18.2 Å². The standard InChI is InChI=1S/C18H22N2O4S/c1-13(2)20-16-9-8-15(18(21)22)12-17(16)25(23,24)19-11-10-14-6-4-3-5-7-14/h3-9,12-13,19-20H,10-11H2,1-2H3,(H,21,22). The van der Waals surface area contributed by atoms with Gasteiger partial charge in [-0.2, -0.15) is 0 Å². The van der Waals surface area contributed by atoms with Crippen molar-refractivity contribution in [2.75, 3.05) is 11.9 Å². The molecule has 0 aromatic heterocycles. The molecule has 6 nitrogen and oxygen atoms in total. The van der Waals surface area contributed by atoms with Crippen LogP contribution in [0.2, 0.25) is 0 Å². The summed E-state index contributed by atoms with van der Waals surface area (Å²) in [5, 5.41) is 12.2. The van der Waals surface area contributed by atoms with Crippen molar-refractivity contribution in [2.45, 2.75) is 31.2 Å². The number of carboxylic acid groups (broad SMARTS) is 1. The molecule has 0 fully saturated rings. The fourth-order valence-electron chi connectivity index (χ4n) is 2.36. The lowest BCUT2D eigenvalue weighted by atomic mass is 10.2. The van der Waals surface area contributed by atoms with E-state index in [1.54, 1.807) is 0 Å². The van der Waals surface area contributed by atoms with Gasteiger partial charge < -0.3 is 10.4 Å². The van der Waals surface area contributed by atoms with Crippen molar-refractivity contribution in [3.8, 4) is 0 Å². The molecule has 3 N–H and O–H groups in total. The Kier molecular flexibility index (Phi) is 6.17. The predicted octanol–water partition coefficient (Wildman–Crippen LogP) is 2.73. The number of hydrogen-bond acceptors (Lipinski definition) is 4. The summed E-state index contributed by atoms with van der Waals surface area (Å²) in [5.74, 6) is -1.17. The van der Waals surface area contributed by atoms with Gasteiger partial charge >= 0.3 is 5.97 Å². The summed E-state index contributed by atoms with van der Waals surface area (Å²) in [7, 11) is -3.84. The van der Waals surface area contributed by atoms with Gasteiger partial charge in [-0.1, -0.05) is 30.3 Å². The highest BCUT2D eigenvalue weighted by molar-refractivity contribution is 7.89. The van der Waals surface area contributed by atoms with E-state index in [0.29, 0.717) is 12.1 Å². The van der Waals surface area contributed by atoms with Gasteiger partial charge in [-0.05, 0) is 44.0 Å². The van der Waals surface area contributed by atoms with Gasteiger partial charge in [-0.15, -0.1) is 0 Å². The lowest BCUT2D eigenvalue weighted by Crippen LogP contribution is -2.27. The van der Waals surface area contributed by atoms with Crippen molar-refractivity contribution in [3.63, 3.8) is 0 Å². The van der Waals surface area contributed by atoms with Crippen LogP contribution in [0.25, 0.3) is 0 Å². The average molecular weight is 362 g/mol. The van der Waals surface area contributed by atoms with Crippen LogP contribution in [0.15, 0.2) is 53.4 Å². The first-order valence-corrected chi connectivity index (χ1v) is 9.45. The maximum Gasteiger partial charge on any atom is 0.335 e. The van der Waals surface area contributed by atoms with Gasteiger partial charge in [0.2, 0.25) is 10.0 Å². The Labute approximate surface area is 147 Å². The topological polar surface area (TPSA) is 95.5 Å². The lowest BCUT2D eigenvalue weighted by molar-refractivity contribution is 0.0696. The Bertz CT molecular complexity index is 833. The number of nitrogens with one attached hydrogen (secondary N) is 2. The van der Waals surface area contributed by atoms with Gasteiger partial charge in [0, 0.05) is 12.6 Å². The maximum absolute atomic E-state index is 12.7. The molecule has 0 aliphatic heterocycles. The van der Waals surface area contributed by atoms with Crippen LogP contribution in [0.1, 0.15) is 29.8 Å². The molecular formula is C18H22N2O4S. The number of carboxylic acids is 1. The normalized spacial score (nSPS) is 11.5. The van der Waals surface area contributed by atoms with Crippen LogP contribution in [0, 0.1) is 0 Å². The molecule has 2 aromatic rings. The number of rotatable bonds is 8. The van der Waals surface area contributed by atoms with Crippen molar-refractivity contribution >= 4 is 21.7 Å². The van der Waals surface area contributed by atoms with E-state index in [4.69, 9.17) is 5.11 Å². The summed E-state index contributed by atoms with van der Waals surface area (Å²) in [6.07, 6.45) is 0.547. The van der Waals surface area contributed by atoms with Crippen molar-refractivity contribution in [2.24, 2.45) is 0 Å². The Morgan fingerprint density at radius 3 is 2.40 bits per heavy atom. The minimum absolute atomic E-state index is 0.00828. The molecule has 0 radical (unpaired) electrons. The highest BCUT2D eigenvalue weighted by atomic mass is 32.2. The van der Waals surface area contributed by atoms with Crippen LogP contribution in [-0.4, -0.2) is 32.1 Å². The molecule has 0 aliphatic carbocycles. The summed E-state index contributed by atoms with van der Waals surface area (Å²) >= 11 is 0. The van der Waals surface area contributed by atoms with E-state index in [2.05, 4.69) is 10.0 Å². The van der Waals surface area contributed by atoms with Crippen molar-refractivity contribution in [1.82, 2.24) is 4.72 Å². The summed E-state index contributed by atoms with van der Waals surface area (Å²) in [6, 6.07) is 13.6. The van der Waals surface area contributed by atoms with E-state index in [9.17, 15) is 13.2 Å². The second-order valence-corrected chi connectivity index (χ2v) is 7.68. The average Bonchev–Trinajstić information content (AvgIpc) is 2.55. The van der Waals surface area contributed by atoms with Crippen molar-refractivity contribution < 1.29 is 18.3 Å². The highest BCUT2D eigenvalue weighted by Crippen LogP contribution is 2.23. The van der Waals surface area contributed by atoms with Gasteiger partial charge in [0.25, 0.3) is 0 Å². The number of benzene rings is 2. The quantitative estimate of drug-likeness (QED) is 0.671. The summed E-state index contributed by atoms with van der Waals surface area (Å²) in [4.78, 5) is 11.1. The number of anilines is 1. The fourth-order valence-corrected chi connectivity index (χ4v) is 3.59. The van der Waals surface area contributed by atoms with Gasteiger partial charge in [-0.25, -0.2) is 17.9 Å². The molecule has 0 bridgehead atoms. The molecule has 0 saturated heterocycles.